The minimum atomic E-state index is -1.60. The van der Waals surface area contributed by atoms with Crippen LogP contribution in [0.3, 0.4) is 0 Å². The molecule has 5 nitrogen and oxygen atoms in total. The van der Waals surface area contributed by atoms with E-state index in [0.717, 1.165) is 0 Å². The number of carbonyl (C=O) groups excluding carboxylic acids is 2. The summed E-state index contributed by atoms with van der Waals surface area (Å²) in [6.07, 6.45) is 1.47. The Kier molecular flexibility index (Phi) is 3.50. The number of ketones is 1. The Hall–Kier alpha value is -1.53. The first-order valence-corrected chi connectivity index (χ1v) is 3.94. The lowest BCUT2D eigenvalue weighted by Crippen LogP contribution is -2.30. The largest absolute Gasteiger partial charge is 0.490 e. The van der Waals surface area contributed by atoms with Crippen LogP contribution in [0.5, 0.6) is 0 Å². The van der Waals surface area contributed by atoms with Gasteiger partial charge in [0, 0.05) is 11.7 Å². The third kappa shape index (κ3) is 2.48. The Bertz CT molecular complexity index is 336. The molecule has 1 aromatic heterocycles. The van der Waals surface area contributed by atoms with Gasteiger partial charge in [0.15, 0.2) is 5.78 Å². The van der Waals surface area contributed by atoms with Gasteiger partial charge in [0.25, 0.3) is 0 Å². The summed E-state index contributed by atoms with van der Waals surface area (Å²) in [6, 6.07) is 2.72. The van der Waals surface area contributed by atoms with E-state index in [4.69, 9.17) is 10.0 Å². The Balaban J connectivity index is 2.82. The fraction of sp³-hybridized carbons (Fsp3) is 0.125. The van der Waals surface area contributed by atoms with Crippen molar-refractivity contribution in [3.63, 3.8) is 0 Å². The molecule has 0 saturated heterocycles. The number of rotatable bonds is 4. The van der Waals surface area contributed by atoms with Gasteiger partial charge in [-0.25, -0.2) is 0 Å². The number of Topliss-reactive ketones (excluding diaryl/α,β-unsaturated/α-hetero) is 1. The molecule has 6 heteroatoms. The second-order valence-electron chi connectivity index (χ2n) is 2.64. The maximum absolute atomic E-state index is 11.1. The number of nitrogens with zero attached hydrogens (tertiary/aromatic N) is 1. The van der Waals surface area contributed by atoms with Crippen LogP contribution in [0.2, 0.25) is 0 Å². The fourth-order valence-corrected chi connectivity index (χ4v) is 0.903. The number of aromatic nitrogens is 1. The van der Waals surface area contributed by atoms with Crippen molar-refractivity contribution in [1.29, 1.82) is 0 Å². The fourth-order valence-electron chi connectivity index (χ4n) is 0.903. The van der Waals surface area contributed by atoms with Crippen LogP contribution in [0.4, 0.5) is 0 Å². The standard InChI is InChI=1S/C8H8BNO4/c11-4-3-8(12)7-2-1-6(5-10-7)9(13)14/h1-2,4-5,13-14H,3H2. The van der Waals surface area contributed by atoms with Crippen LogP contribution in [0.15, 0.2) is 18.3 Å². The van der Waals surface area contributed by atoms with Crippen molar-refractivity contribution in [1.82, 2.24) is 4.98 Å². The highest BCUT2D eigenvalue weighted by Gasteiger charge is 2.12. The first kappa shape index (κ1) is 10.6. The molecule has 0 bridgehead atoms. The van der Waals surface area contributed by atoms with E-state index in [2.05, 4.69) is 4.98 Å². The Morgan fingerprint density at radius 2 is 2.21 bits per heavy atom. The van der Waals surface area contributed by atoms with Gasteiger partial charge in [0.05, 0.1) is 6.42 Å². The van der Waals surface area contributed by atoms with Crippen molar-refractivity contribution >= 4 is 24.7 Å². The Labute approximate surface area is 80.5 Å². The summed E-state index contributed by atoms with van der Waals surface area (Å²) in [7, 11) is -1.60. The molecule has 1 heterocycles. The summed E-state index contributed by atoms with van der Waals surface area (Å²) in [4.78, 5) is 24.8. The zero-order valence-corrected chi connectivity index (χ0v) is 7.25. The van der Waals surface area contributed by atoms with Gasteiger partial charge in [-0.1, -0.05) is 6.07 Å². The van der Waals surface area contributed by atoms with E-state index in [9.17, 15) is 9.59 Å². The van der Waals surface area contributed by atoms with Crippen LogP contribution in [-0.2, 0) is 4.79 Å². The molecule has 0 spiro atoms. The highest BCUT2D eigenvalue weighted by molar-refractivity contribution is 6.58. The molecule has 1 aromatic rings. The second-order valence-corrected chi connectivity index (χ2v) is 2.64. The number of aldehydes is 1. The summed E-state index contributed by atoms with van der Waals surface area (Å²) in [5.41, 5.74) is 0.342. The molecule has 2 N–H and O–H groups in total. The lowest BCUT2D eigenvalue weighted by molar-refractivity contribution is -0.107. The molecule has 0 amide bonds. The van der Waals surface area contributed by atoms with E-state index in [1.54, 1.807) is 0 Å². The van der Waals surface area contributed by atoms with Gasteiger partial charge in [0.1, 0.15) is 12.0 Å². The molecule has 0 saturated carbocycles. The quantitative estimate of drug-likeness (QED) is 0.264. The Morgan fingerprint density at radius 3 is 2.64 bits per heavy atom. The zero-order chi connectivity index (χ0) is 10.6. The third-order valence-corrected chi connectivity index (χ3v) is 1.64. The van der Waals surface area contributed by atoms with Crippen molar-refractivity contribution in [2.75, 3.05) is 0 Å². The lowest BCUT2D eigenvalue weighted by atomic mass is 9.81. The highest BCUT2D eigenvalue weighted by atomic mass is 16.4. The van der Waals surface area contributed by atoms with Gasteiger partial charge in [-0.2, -0.15) is 0 Å². The van der Waals surface area contributed by atoms with Crippen molar-refractivity contribution in [2.45, 2.75) is 6.42 Å². The summed E-state index contributed by atoms with van der Waals surface area (Å²) >= 11 is 0. The molecule has 0 unspecified atom stereocenters. The average Bonchev–Trinajstić information content (AvgIpc) is 2.18. The molecule has 0 atom stereocenters. The van der Waals surface area contributed by atoms with E-state index in [1.807, 2.05) is 0 Å². The highest BCUT2D eigenvalue weighted by Crippen LogP contribution is 1.96. The Morgan fingerprint density at radius 1 is 1.50 bits per heavy atom. The summed E-state index contributed by atoms with van der Waals surface area (Å²) in [5.74, 6) is -0.390. The number of carbonyl (C=O) groups is 2. The molecule has 72 valence electrons. The zero-order valence-electron chi connectivity index (χ0n) is 7.25. The average molecular weight is 193 g/mol. The number of hydrogen-bond donors (Lipinski definition) is 2. The van der Waals surface area contributed by atoms with Crippen molar-refractivity contribution in [2.24, 2.45) is 0 Å². The van der Waals surface area contributed by atoms with Gasteiger partial charge >= 0.3 is 7.12 Å². The van der Waals surface area contributed by atoms with Crippen molar-refractivity contribution in [3.05, 3.63) is 24.0 Å². The van der Waals surface area contributed by atoms with Gasteiger partial charge in [-0.15, -0.1) is 0 Å². The molecule has 0 fully saturated rings. The van der Waals surface area contributed by atoms with Gasteiger partial charge in [0.2, 0.25) is 0 Å². The topological polar surface area (TPSA) is 87.5 Å². The van der Waals surface area contributed by atoms with E-state index in [0.29, 0.717) is 6.29 Å². The van der Waals surface area contributed by atoms with E-state index in [-0.39, 0.29) is 23.4 Å². The van der Waals surface area contributed by atoms with Crippen molar-refractivity contribution < 1.29 is 19.6 Å². The first-order chi connectivity index (χ1) is 6.65. The SMILES string of the molecule is O=CCC(=O)c1ccc(B(O)O)cn1. The molecular weight excluding hydrogens is 185 g/mol. The van der Waals surface area contributed by atoms with Crippen LogP contribution in [-0.4, -0.2) is 34.2 Å². The van der Waals surface area contributed by atoms with Crippen LogP contribution in [0, 0.1) is 0 Å². The normalized spacial score (nSPS) is 9.57. The second kappa shape index (κ2) is 4.64. The van der Waals surface area contributed by atoms with Gasteiger partial charge < -0.3 is 14.8 Å². The molecular formula is C8H8BNO4. The monoisotopic (exact) mass is 193 g/mol. The molecule has 0 radical (unpaired) electrons. The van der Waals surface area contributed by atoms with E-state index < -0.39 is 7.12 Å². The van der Waals surface area contributed by atoms with Crippen LogP contribution < -0.4 is 5.46 Å². The molecule has 0 aliphatic heterocycles. The summed E-state index contributed by atoms with van der Waals surface area (Å²) in [6.45, 7) is 0. The minimum Gasteiger partial charge on any atom is -0.423 e. The lowest BCUT2D eigenvalue weighted by Gasteiger charge is -1.99. The van der Waals surface area contributed by atoms with E-state index in [1.165, 1.54) is 18.3 Å². The number of pyridine rings is 1. The van der Waals surface area contributed by atoms with Crippen molar-refractivity contribution in [3.8, 4) is 0 Å². The smallest absolute Gasteiger partial charge is 0.423 e. The third-order valence-electron chi connectivity index (χ3n) is 1.64. The molecule has 0 aliphatic carbocycles. The van der Waals surface area contributed by atoms with E-state index >= 15 is 0 Å². The predicted octanol–water partition coefficient (Wildman–Crippen LogP) is -1.47. The van der Waals surface area contributed by atoms with Gasteiger partial charge in [-0.3, -0.25) is 9.78 Å². The van der Waals surface area contributed by atoms with Crippen LogP contribution in [0.1, 0.15) is 16.9 Å². The minimum absolute atomic E-state index is 0.140. The first-order valence-electron chi connectivity index (χ1n) is 3.94. The summed E-state index contributed by atoms with van der Waals surface area (Å²) < 4.78 is 0. The van der Waals surface area contributed by atoms with Crippen LogP contribution >= 0.6 is 0 Å². The predicted molar refractivity (Wildman–Crippen MR) is 49.1 cm³/mol. The molecule has 1 rings (SSSR count). The number of hydrogen-bond acceptors (Lipinski definition) is 5. The summed E-state index contributed by atoms with van der Waals surface area (Å²) in [5, 5.41) is 17.5. The van der Waals surface area contributed by atoms with Crippen LogP contribution in [0.25, 0.3) is 0 Å². The maximum Gasteiger partial charge on any atom is 0.490 e. The molecule has 0 aliphatic rings. The molecule has 14 heavy (non-hydrogen) atoms. The molecule has 0 aromatic carbocycles. The van der Waals surface area contributed by atoms with Gasteiger partial charge in [-0.05, 0) is 6.07 Å². The maximum atomic E-state index is 11.1.